The highest BCUT2D eigenvalue weighted by molar-refractivity contribution is 7.89. The highest BCUT2D eigenvalue weighted by Crippen LogP contribution is 2.12. The summed E-state index contributed by atoms with van der Waals surface area (Å²) in [4.78, 5) is 11.6. The fourth-order valence-corrected chi connectivity index (χ4v) is 2.07. The van der Waals surface area contributed by atoms with Crippen molar-refractivity contribution in [2.45, 2.75) is 4.90 Å². The molecule has 116 valence electrons. The van der Waals surface area contributed by atoms with Crippen LogP contribution in [0.4, 0.5) is 20.6 Å². The largest absolute Gasteiger partial charge is 0.337 e. The molecule has 2 amide bonds. The molecule has 0 saturated carbocycles. The van der Waals surface area contributed by atoms with Crippen LogP contribution in [-0.4, -0.2) is 14.4 Å². The number of hydrogen-bond acceptors (Lipinski definition) is 4. The van der Waals surface area contributed by atoms with Gasteiger partial charge in [0.1, 0.15) is 5.82 Å². The second kappa shape index (κ2) is 6.41. The predicted molar refractivity (Wildman–Crippen MR) is 80.0 cm³/mol. The van der Waals surface area contributed by atoms with Gasteiger partial charge in [0.2, 0.25) is 10.0 Å². The molecule has 7 nitrogen and oxygen atoms in total. The first-order valence-electron chi connectivity index (χ1n) is 6.06. The van der Waals surface area contributed by atoms with E-state index in [1.54, 1.807) is 0 Å². The maximum atomic E-state index is 12.7. The summed E-state index contributed by atoms with van der Waals surface area (Å²) in [5.41, 5.74) is 5.81. The van der Waals surface area contributed by atoms with Crippen molar-refractivity contribution in [1.82, 2.24) is 5.43 Å². The Bertz CT molecular complexity index is 761. The van der Waals surface area contributed by atoms with E-state index in [9.17, 15) is 17.6 Å². The Labute approximate surface area is 126 Å². The number of urea groups is 1. The van der Waals surface area contributed by atoms with Crippen molar-refractivity contribution in [3.63, 3.8) is 0 Å². The summed E-state index contributed by atoms with van der Waals surface area (Å²) in [5, 5.41) is 7.45. The molecule has 0 saturated heterocycles. The van der Waals surface area contributed by atoms with Gasteiger partial charge in [-0.05, 0) is 48.5 Å². The zero-order valence-corrected chi connectivity index (χ0v) is 12.0. The first-order valence-corrected chi connectivity index (χ1v) is 7.61. The Kier molecular flexibility index (Phi) is 4.59. The summed E-state index contributed by atoms with van der Waals surface area (Å²) in [6.07, 6.45) is 0. The summed E-state index contributed by atoms with van der Waals surface area (Å²) in [6, 6.07) is 10.2. The van der Waals surface area contributed by atoms with Crippen molar-refractivity contribution in [2.24, 2.45) is 5.14 Å². The minimum Gasteiger partial charge on any atom is -0.307 e. The smallest absolute Gasteiger partial charge is 0.307 e. The third-order valence-electron chi connectivity index (χ3n) is 2.61. The normalized spacial score (nSPS) is 10.8. The van der Waals surface area contributed by atoms with E-state index in [0.717, 1.165) is 0 Å². The average molecular weight is 324 g/mol. The van der Waals surface area contributed by atoms with Crippen LogP contribution in [0.3, 0.4) is 0 Å². The van der Waals surface area contributed by atoms with Crippen molar-refractivity contribution in [3.05, 3.63) is 54.3 Å². The van der Waals surface area contributed by atoms with Crippen LogP contribution in [0.15, 0.2) is 53.4 Å². The highest BCUT2D eigenvalue weighted by Gasteiger charge is 2.07. The summed E-state index contributed by atoms with van der Waals surface area (Å²) in [5.74, 6) is -0.384. The van der Waals surface area contributed by atoms with E-state index >= 15 is 0 Å². The van der Waals surface area contributed by atoms with E-state index in [1.807, 2.05) is 0 Å². The van der Waals surface area contributed by atoms with Gasteiger partial charge in [-0.3, -0.25) is 10.9 Å². The fourth-order valence-electron chi connectivity index (χ4n) is 1.55. The summed E-state index contributed by atoms with van der Waals surface area (Å²) >= 11 is 0. The van der Waals surface area contributed by atoms with Crippen molar-refractivity contribution in [3.8, 4) is 0 Å². The monoisotopic (exact) mass is 324 g/mol. The number of halogens is 1. The number of nitrogens with one attached hydrogen (secondary N) is 3. The predicted octanol–water partition coefficient (Wildman–Crippen LogP) is 1.62. The van der Waals surface area contributed by atoms with Gasteiger partial charge in [-0.15, -0.1) is 0 Å². The molecule has 0 bridgehead atoms. The Balaban J connectivity index is 1.90. The molecule has 0 unspecified atom stereocenters. The Morgan fingerprint density at radius 3 is 2.05 bits per heavy atom. The van der Waals surface area contributed by atoms with Crippen LogP contribution in [0.1, 0.15) is 0 Å². The van der Waals surface area contributed by atoms with Gasteiger partial charge >= 0.3 is 6.03 Å². The molecule has 9 heteroatoms. The quantitative estimate of drug-likeness (QED) is 0.640. The second-order valence-corrected chi connectivity index (χ2v) is 5.84. The number of amides is 2. The lowest BCUT2D eigenvalue weighted by Gasteiger charge is -2.10. The zero-order chi connectivity index (χ0) is 16.2. The number of primary sulfonamides is 1. The van der Waals surface area contributed by atoms with E-state index in [1.165, 1.54) is 48.5 Å². The van der Waals surface area contributed by atoms with E-state index in [-0.39, 0.29) is 10.7 Å². The minimum absolute atomic E-state index is 0.0529. The SMILES string of the molecule is NS(=O)(=O)c1ccc(NC(=O)NNc2ccc(F)cc2)cc1. The van der Waals surface area contributed by atoms with Gasteiger partial charge in [0.05, 0.1) is 10.6 Å². The molecule has 0 aliphatic carbocycles. The minimum atomic E-state index is -3.77. The molecule has 0 spiro atoms. The van der Waals surface area contributed by atoms with Gasteiger partial charge in [0.25, 0.3) is 0 Å². The highest BCUT2D eigenvalue weighted by atomic mass is 32.2. The van der Waals surface area contributed by atoms with Crippen LogP contribution in [0.2, 0.25) is 0 Å². The molecule has 0 radical (unpaired) electrons. The lowest BCUT2D eigenvalue weighted by molar-refractivity contribution is 0.254. The van der Waals surface area contributed by atoms with Crippen LogP contribution in [0.5, 0.6) is 0 Å². The maximum absolute atomic E-state index is 12.7. The molecule has 0 atom stereocenters. The van der Waals surface area contributed by atoms with E-state index < -0.39 is 16.1 Å². The molecule has 0 aromatic heterocycles. The van der Waals surface area contributed by atoms with Crippen LogP contribution in [-0.2, 0) is 10.0 Å². The molecule has 2 aromatic carbocycles. The molecule has 2 aromatic rings. The molecular weight excluding hydrogens is 311 g/mol. The lowest BCUT2D eigenvalue weighted by Crippen LogP contribution is -2.33. The maximum Gasteiger partial charge on any atom is 0.337 e. The number of nitrogens with two attached hydrogens (primary N) is 1. The number of hydrazine groups is 1. The summed E-state index contributed by atoms with van der Waals surface area (Å²) in [7, 11) is -3.77. The third-order valence-corrected chi connectivity index (χ3v) is 3.53. The standard InChI is InChI=1S/C13H13FN4O3S/c14-9-1-3-11(4-2-9)17-18-13(19)16-10-5-7-12(8-6-10)22(15,20)21/h1-8,17H,(H2,15,20,21)(H2,16,18,19). The summed E-state index contributed by atoms with van der Waals surface area (Å²) < 4.78 is 34.9. The molecule has 0 heterocycles. The topological polar surface area (TPSA) is 113 Å². The van der Waals surface area contributed by atoms with Crippen molar-refractivity contribution in [1.29, 1.82) is 0 Å². The van der Waals surface area contributed by atoms with Crippen molar-refractivity contribution < 1.29 is 17.6 Å². The Morgan fingerprint density at radius 2 is 1.50 bits per heavy atom. The van der Waals surface area contributed by atoms with Crippen LogP contribution >= 0.6 is 0 Å². The first kappa shape index (κ1) is 15.7. The van der Waals surface area contributed by atoms with E-state index in [0.29, 0.717) is 11.4 Å². The molecule has 22 heavy (non-hydrogen) atoms. The number of benzene rings is 2. The number of sulfonamides is 1. The fraction of sp³-hybridized carbons (Fsp3) is 0. The van der Waals surface area contributed by atoms with Gasteiger partial charge in [-0.2, -0.15) is 0 Å². The van der Waals surface area contributed by atoms with Gasteiger partial charge in [0.15, 0.2) is 0 Å². The third kappa shape index (κ3) is 4.43. The molecule has 5 N–H and O–H groups in total. The second-order valence-electron chi connectivity index (χ2n) is 4.28. The Morgan fingerprint density at radius 1 is 0.955 bits per heavy atom. The number of carbonyl (C=O) groups excluding carboxylic acids is 1. The van der Waals surface area contributed by atoms with Crippen LogP contribution < -0.4 is 21.3 Å². The molecule has 0 aliphatic rings. The zero-order valence-electron chi connectivity index (χ0n) is 11.2. The van der Waals surface area contributed by atoms with Crippen LogP contribution in [0.25, 0.3) is 0 Å². The Hall–Kier alpha value is -2.65. The van der Waals surface area contributed by atoms with Crippen molar-refractivity contribution >= 4 is 27.4 Å². The van der Waals surface area contributed by atoms with Gasteiger partial charge in [-0.25, -0.2) is 22.7 Å². The summed E-state index contributed by atoms with van der Waals surface area (Å²) in [6.45, 7) is 0. The number of anilines is 2. The number of rotatable bonds is 4. The van der Waals surface area contributed by atoms with E-state index in [4.69, 9.17) is 5.14 Å². The molecular formula is C13H13FN4O3S. The van der Waals surface area contributed by atoms with Gasteiger partial charge in [0, 0.05) is 5.69 Å². The van der Waals surface area contributed by atoms with Crippen LogP contribution in [0, 0.1) is 5.82 Å². The molecule has 2 rings (SSSR count). The lowest BCUT2D eigenvalue weighted by atomic mass is 10.3. The molecule has 0 fully saturated rings. The number of carbonyl (C=O) groups is 1. The first-order chi connectivity index (χ1) is 10.3. The van der Waals surface area contributed by atoms with Gasteiger partial charge < -0.3 is 5.32 Å². The van der Waals surface area contributed by atoms with E-state index in [2.05, 4.69) is 16.2 Å². The average Bonchev–Trinajstić information content (AvgIpc) is 2.46. The molecule has 0 aliphatic heterocycles. The number of hydrogen-bond donors (Lipinski definition) is 4. The van der Waals surface area contributed by atoms with Crippen molar-refractivity contribution in [2.75, 3.05) is 10.7 Å². The van der Waals surface area contributed by atoms with Gasteiger partial charge in [-0.1, -0.05) is 0 Å².